The first kappa shape index (κ1) is 14.2. The normalized spacial score (nSPS) is 18.6. The number of hydrogen-bond acceptors (Lipinski definition) is 4. The van der Waals surface area contributed by atoms with Crippen molar-refractivity contribution in [2.24, 2.45) is 0 Å². The summed E-state index contributed by atoms with van der Waals surface area (Å²) in [5.74, 6) is 0.242. The molecule has 1 aromatic carbocycles. The molecule has 1 aliphatic rings. The van der Waals surface area contributed by atoms with Crippen molar-refractivity contribution >= 4 is 15.7 Å². The summed E-state index contributed by atoms with van der Waals surface area (Å²) >= 11 is 0. The molecule has 0 aliphatic carbocycles. The summed E-state index contributed by atoms with van der Waals surface area (Å²) in [6.45, 7) is 1.57. The Morgan fingerprint density at radius 3 is 2.76 bits per heavy atom. The lowest BCUT2D eigenvalue weighted by Gasteiger charge is -2.35. The van der Waals surface area contributed by atoms with Crippen molar-refractivity contribution in [2.45, 2.75) is 37.5 Å². The van der Waals surface area contributed by atoms with Crippen molar-refractivity contribution in [2.75, 3.05) is 4.31 Å². The Labute approximate surface area is 123 Å². The molecule has 0 saturated heterocycles. The Morgan fingerprint density at radius 2 is 2.05 bits per heavy atom. The second kappa shape index (κ2) is 5.20. The molecule has 1 atom stereocenters. The molecule has 6 heteroatoms. The van der Waals surface area contributed by atoms with Crippen LogP contribution in [-0.4, -0.2) is 19.6 Å². The molecule has 21 heavy (non-hydrogen) atoms. The summed E-state index contributed by atoms with van der Waals surface area (Å²) in [7, 11) is -3.76. The number of sulfonamides is 1. The number of hydrogen-bond donors (Lipinski definition) is 1. The van der Waals surface area contributed by atoms with Gasteiger partial charge in [0.1, 0.15) is 12.4 Å². The number of nitrogens with zero attached hydrogens (tertiary/aromatic N) is 1. The molecule has 1 aliphatic heterocycles. The molecular weight excluding hydrogens is 290 g/mol. The molecule has 1 unspecified atom stereocenters. The summed E-state index contributed by atoms with van der Waals surface area (Å²) in [6.07, 6.45) is 1.63. The molecular formula is C15H17NO4S. The molecule has 112 valence electrons. The van der Waals surface area contributed by atoms with E-state index in [2.05, 4.69) is 0 Å². The monoisotopic (exact) mass is 307 g/mol. The SMILES string of the molecule is CC1CCc2ccccc2N1S(=O)(=O)c1ccc(CO)o1. The average Bonchev–Trinajstić information content (AvgIpc) is 2.96. The van der Waals surface area contributed by atoms with Gasteiger partial charge in [-0.05, 0) is 43.5 Å². The highest BCUT2D eigenvalue weighted by atomic mass is 32.2. The fourth-order valence-corrected chi connectivity index (χ4v) is 4.36. The van der Waals surface area contributed by atoms with Crippen molar-refractivity contribution in [1.29, 1.82) is 0 Å². The average molecular weight is 307 g/mol. The van der Waals surface area contributed by atoms with E-state index < -0.39 is 10.0 Å². The second-order valence-electron chi connectivity index (χ2n) is 5.20. The number of rotatable bonds is 3. The van der Waals surface area contributed by atoms with E-state index in [-0.39, 0.29) is 23.5 Å². The van der Waals surface area contributed by atoms with Crippen LogP contribution in [0, 0.1) is 0 Å². The lowest BCUT2D eigenvalue weighted by Crippen LogP contribution is -2.41. The van der Waals surface area contributed by atoms with Gasteiger partial charge in [-0.3, -0.25) is 4.31 Å². The maximum Gasteiger partial charge on any atom is 0.298 e. The van der Waals surface area contributed by atoms with Gasteiger partial charge in [-0.1, -0.05) is 18.2 Å². The number of anilines is 1. The first-order chi connectivity index (χ1) is 10.0. The number of fused-ring (bicyclic) bond motifs is 1. The Bertz CT molecular complexity index is 751. The number of furan rings is 1. The van der Waals surface area contributed by atoms with Crippen molar-refractivity contribution in [3.63, 3.8) is 0 Å². The lowest BCUT2D eigenvalue weighted by molar-refractivity contribution is 0.236. The zero-order valence-electron chi connectivity index (χ0n) is 11.7. The molecule has 0 fully saturated rings. The molecule has 1 aromatic heterocycles. The van der Waals surface area contributed by atoms with Gasteiger partial charge in [0.05, 0.1) is 5.69 Å². The van der Waals surface area contributed by atoms with Gasteiger partial charge < -0.3 is 9.52 Å². The van der Waals surface area contributed by atoms with Gasteiger partial charge in [-0.25, -0.2) is 0 Å². The molecule has 0 amide bonds. The third kappa shape index (κ3) is 2.34. The van der Waals surface area contributed by atoms with Crippen LogP contribution in [0.15, 0.2) is 45.9 Å². The number of para-hydroxylation sites is 1. The van der Waals surface area contributed by atoms with Gasteiger partial charge in [-0.15, -0.1) is 0 Å². The minimum atomic E-state index is -3.76. The van der Waals surface area contributed by atoms with Gasteiger partial charge in [0, 0.05) is 6.04 Å². The summed E-state index contributed by atoms with van der Waals surface area (Å²) in [5, 5.41) is 8.91. The highest BCUT2D eigenvalue weighted by Crippen LogP contribution is 2.35. The summed E-state index contributed by atoms with van der Waals surface area (Å²) in [5.41, 5.74) is 1.73. The Kier molecular flexibility index (Phi) is 3.51. The van der Waals surface area contributed by atoms with Crippen molar-refractivity contribution < 1.29 is 17.9 Å². The summed E-state index contributed by atoms with van der Waals surface area (Å²) < 4.78 is 32.3. The number of aliphatic hydroxyl groups excluding tert-OH is 1. The van der Waals surface area contributed by atoms with Gasteiger partial charge in [0.25, 0.3) is 10.0 Å². The van der Waals surface area contributed by atoms with Gasteiger partial charge in [0.15, 0.2) is 0 Å². The Balaban J connectivity index is 2.09. The standard InChI is InChI=1S/C15H17NO4S/c1-11-6-7-12-4-2-3-5-14(12)16(11)21(18,19)15-9-8-13(10-17)20-15/h2-5,8-9,11,17H,6-7,10H2,1H3. The van der Waals surface area contributed by atoms with E-state index in [0.717, 1.165) is 18.4 Å². The fourth-order valence-electron chi connectivity index (χ4n) is 2.70. The topological polar surface area (TPSA) is 70.8 Å². The van der Waals surface area contributed by atoms with Crippen molar-refractivity contribution in [3.05, 3.63) is 47.7 Å². The van der Waals surface area contributed by atoms with Crippen LogP contribution in [0.5, 0.6) is 0 Å². The number of benzene rings is 1. The fraction of sp³-hybridized carbons (Fsp3) is 0.333. The molecule has 1 N–H and O–H groups in total. The van der Waals surface area contributed by atoms with E-state index in [1.807, 2.05) is 31.2 Å². The van der Waals surface area contributed by atoms with E-state index in [1.54, 1.807) is 0 Å². The van der Waals surface area contributed by atoms with Crippen LogP contribution in [0.1, 0.15) is 24.7 Å². The maximum atomic E-state index is 12.8. The highest BCUT2D eigenvalue weighted by Gasteiger charge is 2.35. The largest absolute Gasteiger partial charge is 0.445 e. The zero-order valence-corrected chi connectivity index (χ0v) is 12.5. The zero-order chi connectivity index (χ0) is 15.0. The molecule has 0 saturated carbocycles. The first-order valence-corrected chi connectivity index (χ1v) is 8.30. The van der Waals surface area contributed by atoms with E-state index in [9.17, 15) is 8.42 Å². The second-order valence-corrected chi connectivity index (χ2v) is 6.94. The van der Waals surface area contributed by atoms with Gasteiger partial charge in [-0.2, -0.15) is 8.42 Å². The van der Waals surface area contributed by atoms with Crippen LogP contribution in [0.3, 0.4) is 0 Å². The molecule has 0 bridgehead atoms. The Hall–Kier alpha value is -1.79. The van der Waals surface area contributed by atoms with E-state index in [1.165, 1.54) is 16.4 Å². The predicted octanol–water partition coefficient (Wildman–Crippen LogP) is 2.30. The molecule has 2 aromatic rings. The third-order valence-electron chi connectivity index (χ3n) is 3.77. The van der Waals surface area contributed by atoms with E-state index in [0.29, 0.717) is 5.69 Å². The summed E-state index contributed by atoms with van der Waals surface area (Å²) in [6, 6.07) is 10.3. The first-order valence-electron chi connectivity index (χ1n) is 6.86. The number of aryl methyl sites for hydroxylation is 1. The van der Waals surface area contributed by atoms with Crippen LogP contribution in [0.25, 0.3) is 0 Å². The van der Waals surface area contributed by atoms with Crippen LogP contribution < -0.4 is 4.31 Å². The molecule has 5 nitrogen and oxygen atoms in total. The highest BCUT2D eigenvalue weighted by molar-refractivity contribution is 7.92. The van der Waals surface area contributed by atoms with Crippen LogP contribution in [0.4, 0.5) is 5.69 Å². The maximum absolute atomic E-state index is 12.8. The minimum Gasteiger partial charge on any atom is -0.445 e. The minimum absolute atomic E-state index is 0.130. The van der Waals surface area contributed by atoms with Crippen LogP contribution in [0.2, 0.25) is 0 Å². The van der Waals surface area contributed by atoms with E-state index in [4.69, 9.17) is 9.52 Å². The predicted molar refractivity (Wildman–Crippen MR) is 78.5 cm³/mol. The van der Waals surface area contributed by atoms with Gasteiger partial charge in [0.2, 0.25) is 5.09 Å². The molecule has 0 radical (unpaired) electrons. The quantitative estimate of drug-likeness (QED) is 0.944. The van der Waals surface area contributed by atoms with Gasteiger partial charge >= 0.3 is 0 Å². The number of aliphatic hydroxyl groups is 1. The van der Waals surface area contributed by atoms with Crippen molar-refractivity contribution in [1.82, 2.24) is 0 Å². The lowest BCUT2D eigenvalue weighted by atomic mass is 9.99. The Morgan fingerprint density at radius 1 is 1.29 bits per heavy atom. The third-order valence-corrected chi connectivity index (χ3v) is 5.57. The smallest absolute Gasteiger partial charge is 0.298 e. The van der Waals surface area contributed by atoms with Crippen LogP contribution >= 0.6 is 0 Å². The van der Waals surface area contributed by atoms with E-state index >= 15 is 0 Å². The van der Waals surface area contributed by atoms with Crippen molar-refractivity contribution in [3.8, 4) is 0 Å². The summed E-state index contributed by atoms with van der Waals surface area (Å²) in [4.78, 5) is 0. The van der Waals surface area contributed by atoms with Crippen LogP contribution in [-0.2, 0) is 23.1 Å². The molecule has 0 spiro atoms. The molecule has 2 heterocycles. The molecule has 3 rings (SSSR count).